The van der Waals surface area contributed by atoms with Crippen LogP contribution in [0.4, 0.5) is 27.1 Å². The number of primary amides is 1. The molecule has 3 saturated heterocycles. The number of hydrogen-bond donors (Lipinski definition) is 4. The van der Waals surface area contributed by atoms with Gasteiger partial charge in [-0.1, -0.05) is 0 Å². The van der Waals surface area contributed by atoms with Gasteiger partial charge >= 0.3 is 0 Å². The summed E-state index contributed by atoms with van der Waals surface area (Å²) in [4.78, 5) is 59.4. The number of piperazine rings is 1. The zero-order valence-corrected chi connectivity index (χ0v) is 29.5. The first-order valence-electron chi connectivity index (χ1n) is 17.9. The Morgan fingerprint density at radius 2 is 1.69 bits per heavy atom. The highest BCUT2D eigenvalue weighted by Crippen LogP contribution is 2.29. The van der Waals surface area contributed by atoms with E-state index in [1.165, 1.54) is 35.3 Å². The lowest BCUT2D eigenvalue weighted by Gasteiger charge is -2.40. The third-order valence-corrected chi connectivity index (χ3v) is 10.2. The summed E-state index contributed by atoms with van der Waals surface area (Å²) < 4.78 is 16.6. The Labute approximate surface area is 310 Å². The minimum Gasteiger partial charge on any atom is -0.374 e. The third-order valence-electron chi connectivity index (χ3n) is 10.2. The van der Waals surface area contributed by atoms with Gasteiger partial charge in [-0.3, -0.25) is 34.4 Å². The van der Waals surface area contributed by atoms with Crippen molar-refractivity contribution in [3.8, 4) is 11.8 Å². The van der Waals surface area contributed by atoms with E-state index in [2.05, 4.69) is 40.7 Å². The Kier molecular flexibility index (Phi) is 10.5. The van der Waals surface area contributed by atoms with Crippen LogP contribution in [0.3, 0.4) is 0 Å². The van der Waals surface area contributed by atoms with Gasteiger partial charge in [0.1, 0.15) is 17.6 Å². The first kappa shape index (κ1) is 36.0. The van der Waals surface area contributed by atoms with Gasteiger partial charge in [0.05, 0.1) is 34.9 Å². The molecule has 15 nitrogen and oxygen atoms in total. The Balaban J connectivity index is 0.881. The quantitative estimate of drug-likeness (QED) is 0.175. The molecule has 2 aromatic heterocycles. The largest absolute Gasteiger partial charge is 0.374 e. The summed E-state index contributed by atoms with van der Waals surface area (Å²) >= 11 is 0. The fourth-order valence-corrected chi connectivity index (χ4v) is 7.20. The van der Waals surface area contributed by atoms with Crippen molar-refractivity contribution < 1.29 is 23.6 Å². The molecule has 0 bridgehead atoms. The number of carbonyl (C=O) groups is 4. The van der Waals surface area contributed by atoms with Gasteiger partial charge in [0.25, 0.3) is 11.8 Å². The molecule has 7 rings (SSSR count). The zero-order valence-electron chi connectivity index (χ0n) is 29.5. The van der Waals surface area contributed by atoms with Crippen LogP contribution in [0.2, 0.25) is 0 Å². The van der Waals surface area contributed by atoms with Crippen LogP contribution >= 0.6 is 0 Å². The number of anilines is 4. The minimum atomic E-state index is -0.801. The summed E-state index contributed by atoms with van der Waals surface area (Å²) in [5.41, 5.74) is 8.70. The van der Waals surface area contributed by atoms with E-state index in [1.54, 1.807) is 12.1 Å². The number of nitrogens with zero attached hydrogens (tertiary/aromatic N) is 7. The fourth-order valence-electron chi connectivity index (χ4n) is 7.20. The molecule has 1 unspecified atom stereocenters. The van der Waals surface area contributed by atoms with E-state index in [0.29, 0.717) is 29.4 Å². The van der Waals surface area contributed by atoms with Gasteiger partial charge < -0.3 is 26.2 Å². The summed E-state index contributed by atoms with van der Waals surface area (Å²) in [5, 5.41) is 21.4. The fraction of sp³-hybridized carbons (Fsp3) is 0.342. The Bertz CT molecular complexity index is 2100. The number of amides is 4. The number of hydrogen-bond acceptors (Lipinski definition) is 11. The lowest BCUT2D eigenvalue weighted by molar-refractivity contribution is -0.133. The predicted octanol–water partition coefficient (Wildman–Crippen LogP) is 2.88. The maximum atomic E-state index is 15.2. The maximum absolute atomic E-state index is 15.2. The number of imide groups is 1. The lowest BCUT2D eigenvalue weighted by Crippen LogP contribution is -2.49. The average Bonchev–Trinajstić information content (AvgIpc) is 3.61. The van der Waals surface area contributed by atoms with E-state index in [1.807, 2.05) is 30.3 Å². The molecule has 0 aliphatic carbocycles. The normalized spacial score (nSPS) is 18.2. The van der Waals surface area contributed by atoms with Crippen molar-refractivity contribution in [2.24, 2.45) is 11.7 Å². The number of carbonyl (C=O) groups excluding carboxylic acids is 4. The minimum absolute atomic E-state index is 0.0195. The van der Waals surface area contributed by atoms with Crippen molar-refractivity contribution in [1.82, 2.24) is 25.0 Å². The molecule has 0 spiro atoms. The van der Waals surface area contributed by atoms with Crippen molar-refractivity contribution >= 4 is 46.4 Å². The van der Waals surface area contributed by atoms with Crippen molar-refractivity contribution in [2.45, 2.75) is 31.7 Å². The van der Waals surface area contributed by atoms with Gasteiger partial charge in [-0.05, 0) is 79.8 Å². The van der Waals surface area contributed by atoms with Crippen molar-refractivity contribution in [1.29, 1.82) is 5.26 Å². The summed E-state index contributed by atoms with van der Waals surface area (Å²) in [6.45, 7) is 6.13. The molecule has 278 valence electrons. The zero-order chi connectivity index (χ0) is 37.8. The smallest absolute Gasteiger partial charge is 0.274 e. The summed E-state index contributed by atoms with van der Waals surface area (Å²) in [6, 6.07) is 17.0. The van der Waals surface area contributed by atoms with E-state index < -0.39 is 17.9 Å². The van der Waals surface area contributed by atoms with E-state index in [4.69, 9.17) is 11.0 Å². The molecular weight excluding hydrogens is 693 g/mol. The van der Waals surface area contributed by atoms with Gasteiger partial charge in [0.15, 0.2) is 5.69 Å². The van der Waals surface area contributed by atoms with E-state index in [9.17, 15) is 19.2 Å². The lowest BCUT2D eigenvalue weighted by atomic mass is 9.95. The molecule has 0 saturated carbocycles. The first-order chi connectivity index (χ1) is 26.1. The molecule has 4 amide bonds. The first-order valence-corrected chi connectivity index (χ1v) is 17.9. The number of rotatable bonds is 10. The van der Waals surface area contributed by atoms with Gasteiger partial charge in [0, 0.05) is 69.8 Å². The molecule has 4 aromatic rings. The maximum Gasteiger partial charge on any atom is 0.274 e. The molecule has 1 atom stereocenters. The number of pyridine rings is 1. The Morgan fingerprint density at radius 3 is 2.37 bits per heavy atom. The number of benzene rings is 2. The second-order valence-corrected chi connectivity index (χ2v) is 13.7. The average molecular weight is 734 g/mol. The molecule has 2 aromatic carbocycles. The molecule has 3 aliphatic heterocycles. The van der Waals surface area contributed by atoms with Crippen LogP contribution in [0.5, 0.6) is 0 Å². The monoisotopic (exact) mass is 733 g/mol. The molecule has 54 heavy (non-hydrogen) atoms. The van der Waals surface area contributed by atoms with Crippen LogP contribution < -0.4 is 31.5 Å². The predicted molar refractivity (Wildman–Crippen MR) is 199 cm³/mol. The highest BCUT2D eigenvalue weighted by Gasteiger charge is 2.28. The molecule has 3 aliphatic rings. The van der Waals surface area contributed by atoms with Crippen LogP contribution in [-0.4, -0.2) is 95.1 Å². The third kappa shape index (κ3) is 8.16. The molecular formula is C38H40FN11O4. The van der Waals surface area contributed by atoms with Crippen LogP contribution in [0.15, 0.2) is 67.0 Å². The number of piperidine rings is 2. The summed E-state index contributed by atoms with van der Waals surface area (Å²) in [7, 11) is 0. The van der Waals surface area contributed by atoms with Crippen LogP contribution in [-0.2, 0) is 9.59 Å². The highest BCUT2D eigenvalue weighted by atomic mass is 19.1. The summed E-state index contributed by atoms with van der Waals surface area (Å²) in [5.74, 6) is -1.88. The van der Waals surface area contributed by atoms with Crippen molar-refractivity contribution in [2.75, 3.05) is 66.2 Å². The van der Waals surface area contributed by atoms with E-state index in [-0.39, 0.29) is 46.7 Å². The van der Waals surface area contributed by atoms with E-state index in [0.717, 1.165) is 64.3 Å². The molecule has 5 heterocycles. The second kappa shape index (κ2) is 15.7. The van der Waals surface area contributed by atoms with Gasteiger partial charge in [-0.15, -0.1) is 0 Å². The number of nitrogens with two attached hydrogens (primary N) is 1. The van der Waals surface area contributed by atoms with Crippen LogP contribution in [0, 0.1) is 23.1 Å². The van der Waals surface area contributed by atoms with Crippen molar-refractivity contribution in [3.05, 3.63) is 89.8 Å². The number of halogens is 1. The second-order valence-electron chi connectivity index (χ2n) is 13.7. The van der Waals surface area contributed by atoms with Gasteiger partial charge in [-0.25, -0.2) is 9.07 Å². The number of nitrogens with one attached hydrogen (secondary N) is 3. The Morgan fingerprint density at radius 1 is 0.944 bits per heavy atom. The van der Waals surface area contributed by atoms with Crippen LogP contribution in [0.25, 0.3) is 5.69 Å². The highest BCUT2D eigenvalue weighted by molar-refractivity contribution is 6.07. The molecule has 16 heteroatoms. The number of aromatic nitrogens is 3. The van der Waals surface area contributed by atoms with E-state index >= 15 is 4.39 Å². The van der Waals surface area contributed by atoms with Crippen molar-refractivity contribution in [3.63, 3.8) is 0 Å². The Hall–Kier alpha value is -6.34. The molecule has 3 fully saturated rings. The SMILES string of the molecule is N#Cc1ccnc(C(=O)Nc2cn(-c3ccc(N4CCN(CC5CCN(c6ccc(NC7CCC(=O)NC7=O)cc6F)CC5)CC4)cc3)nc2C(N)=O)c1. The topological polar surface area (TPSA) is 195 Å². The summed E-state index contributed by atoms with van der Waals surface area (Å²) in [6.07, 6.45) is 5.45. The molecule has 5 N–H and O–H groups in total. The van der Waals surface area contributed by atoms with Gasteiger partial charge in [-0.2, -0.15) is 10.4 Å². The van der Waals surface area contributed by atoms with Crippen LogP contribution in [0.1, 0.15) is 52.2 Å². The molecule has 0 radical (unpaired) electrons. The number of nitriles is 1. The van der Waals surface area contributed by atoms with Gasteiger partial charge in [0.2, 0.25) is 11.8 Å². The standard InChI is InChI=1S/C38H40FN11O4/c39-29-20-26(43-30-6-8-34(51)45-37(30)53)1-7-33(29)49-13-10-24(11-14-49)22-47-15-17-48(18-16-47)27-2-4-28(5-3-27)50-23-32(35(46-50)36(41)52)44-38(54)31-19-25(21-40)9-12-42-31/h1-5,7,9,12,19-20,23-24,30,43H,6,8,10-11,13-18,22H2,(H2,41,52)(H,44,54)(H,45,51,53).